The highest BCUT2D eigenvalue weighted by atomic mass is 19.1. The summed E-state index contributed by atoms with van der Waals surface area (Å²) < 4.78 is 23.9. The maximum atomic E-state index is 13.8. The predicted octanol–water partition coefficient (Wildman–Crippen LogP) is 2.45. The van der Waals surface area contributed by atoms with Gasteiger partial charge in [0.05, 0.1) is 19.6 Å². The number of carbonyl (C=O) groups excluding carboxylic acids is 2. The molecule has 1 N–H and O–H groups in total. The average Bonchev–Trinajstić information content (AvgIpc) is 3.19. The number of methoxy groups -OCH3 is 2. The van der Waals surface area contributed by atoms with Crippen molar-refractivity contribution in [1.82, 2.24) is 10.2 Å². The van der Waals surface area contributed by atoms with E-state index in [0.29, 0.717) is 36.6 Å². The zero-order chi connectivity index (χ0) is 20.8. The Morgan fingerprint density at radius 3 is 2.55 bits per heavy atom. The van der Waals surface area contributed by atoms with Crippen molar-refractivity contribution in [1.29, 1.82) is 0 Å². The molecule has 1 aliphatic heterocycles. The SMILES string of the molecule is COCCNC(=O)C1CN(C(=O)c2ccc(OC)cc2)CC1c1cccc(F)c1. The van der Waals surface area contributed by atoms with E-state index >= 15 is 0 Å². The lowest BCUT2D eigenvalue weighted by Gasteiger charge is -2.18. The number of amides is 2. The van der Waals surface area contributed by atoms with Gasteiger partial charge in [0.25, 0.3) is 5.91 Å². The van der Waals surface area contributed by atoms with Gasteiger partial charge in [0.1, 0.15) is 11.6 Å². The van der Waals surface area contributed by atoms with Gasteiger partial charge in [-0.3, -0.25) is 9.59 Å². The van der Waals surface area contributed by atoms with Gasteiger partial charge in [-0.05, 0) is 42.0 Å². The van der Waals surface area contributed by atoms with Crippen LogP contribution in [0.15, 0.2) is 48.5 Å². The summed E-state index contributed by atoms with van der Waals surface area (Å²) in [5, 5.41) is 2.84. The maximum Gasteiger partial charge on any atom is 0.253 e. The van der Waals surface area contributed by atoms with Crippen LogP contribution in [0.3, 0.4) is 0 Å². The lowest BCUT2D eigenvalue weighted by molar-refractivity contribution is -0.125. The Bertz CT molecular complexity index is 856. The molecular formula is C22H25FN2O4. The molecule has 0 bridgehead atoms. The van der Waals surface area contributed by atoms with Crippen LogP contribution in [0.1, 0.15) is 21.8 Å². The van der Waals surface area contributed by atoms with Crippen LogP contribution in [-0.2, 0) is 9.53 Å². The zero-order valence-electron chi connectivity index (χ0n) is 16.6. The lowest BCUT2D eigenvalue weighted by Crippen LogP contribution is -2.37. The van der Waals surface area contributed by atoms with Gasteiger partial charge in [0, 0.05) is 38.2 Å². The van der Waals surface area contributed by atoms with Crippen LogP contribution < -0.4 is 10.1 Å². The number of rotatable bonds is 7. The number of hydrogen-bond donors (Lipinski definition) is 1. The number of benzene rings is 2. The topological polar surface area (TPSA) is 67.9 Å². The van der Waals surface area contributed by atoms with E-state index in [0.717, 1.165) is 0 Å². The first-order valence-electron chi connectivity index (χ1n) is 9.49. The molecule has 0 radical (unpaired) electrons. The predicted molar refractivity (Wildman–Crippen MR) is 106 cm³/mol. The Morgan fingerprint density at radius 1 is 1.14 bits per heavy atom. The van der Waals surface area contributed by atoms with Crippen molar-refractivity contribution in [3.05, 3.63) is 65.5 Å². The van der Waals surface area contributed by atoms with E-state index in [1.165, 1.54) is 12.1 Å². The molecule has 0 aliphatic carbocycles. The third-order valence-electron chi connectivity index (χ3n) is 5.16. The number of ether oxygens (including phenoxy) is 2. The second kappa shape index (κ2) is 9.52. The second-order valence-electron chi connectivity index (χ2n) is 6.99. The minimum atomic E-state index is -0.462. The van der Waals surface area contributed by atoms with Gasteiger partial charge < -0.3 is 19.7 Å². The average molecular weight is 400 g/mol. The highest BCUT2D eigenvalue weighted by molar-refractivity contribution is 5.95. The van der Waals surface area contributed by atoms with Crippen LogP contribution in [0, 0.1) is 11.7 Å². The number of likely N-dealkylation sites (tertiary alicyclic amines) is 1. The van der Waals surface area contributed by atoms with E-state index in [1.54, 1.807) is 55.5 Å². The molecule has 2 aromatic carbocycles. The molecule has 154 valence electrons. The molecule has 1 aliphatic rings. The van der Waals surface area contributed by atoms with Crippen molar-refractivity contribution in [3.63, 3.8) is 0 Å². The smallest absolute Gasteiger partial charge is 0.253 e. The fourth-order valence-electron chi connectivity index (χ4n) is 3.63. The summed E-state index contributed by atoms with van der Waals surface area (Å²) >= 11 is 0. The summed E-state index contributed by atoms with van der Waals surface area (Å²) in [4.78, 5) is 27.4. The first-order valence-corrected chi connectivity index (χ1v) is 9.49. The lowest BCUT2D eigenvalue weighted by atomic mass is 9.88. The molecule has 6 nitrogen and oxygen atoms in total. The molecule has 2 amide bonds. The van der Waals surface area contributed by atoms with Crippen molar-refractivity contribution in [2.45, 2.75) is 5.92 Å². The highest BCUT2D eigenvalue weighted by Gasteiger charge is 2.40. The fourth-order valence-corrected chi connectivity index (χ4v) is 3.63. The number of carbonyl (C=O) groups is 2. The van der Waals surface area contributed by atoms with E-state index < -0.39 is 5.92 Å². The van der Waals surface area contributed by atoms with E-state index in [9.17, 15) is 14.0 Å². The minimum Gasteiger partial charge on any atom is -0.497 e. The molecule has 2 aromatic rings. The molecule has 7 heteroatoms. The van der Waals surface area contributed by atoms with Gasteiger partial charge in [0.15, 0.2) is 0 Å². The molecule has 1 saturated heterocycles. The summed E-state index contributed by atoms with van der Waals surface area (Å²) in [6.45, 7) is 1.40. The van der Waals surface area contributed by atoms with Crippen LogP contribution in [0.2, 0.25) is 0 Å². The van der Waals surface area contributed by atoms with Crippen molar-refractivity contribution in [2.24, 2.45) is 5.92 Å². The van der Waals surface area contributed by atoms with Gasteiger partial charge >= 0.3 is 0 Å². The van der Waals surface area contributed by atoms with Crippen LogP contribution in [0.4, 0.5) is 4.39 Å². The fraction of sp³-hybridized carbons (Fsp3) is 0.364. The number of halogens is 1. The quantitative estimate of drug-likeness (QED) is 0.725. The van der Waals surface area contributed by atoms with Crippen LogP contribution >= 0.6 is 0 Å². The summed E-state index contributed by atoms with van der Waals surface area (Å²) in [5.41, 5.74) is 1.23. The summed E-state index contributed by atoms with van der Waals surface area (Å²) in [6.07, 6.45) is 0. The first-order chi connectivity index (χ1) is 14.0. The van der Waals surface area contributed by atoms with E-state index in [1.807, 2.05) is 0 Å². The zero-order valence-corrected chi connectivity index (χ0v) is 16.6. The third-order valence-corrected chi connectivity index (χ3v) is 5.16. The third kappa shape index (κ3) is 4.92. The standard InChI is InChI=1S/C22H25FN2O4/c1-28-11-10-24-21(26)20-14-25(13-19(20)16-4-3-5-17(23)12-16)22(27)15-6-8-18(29-2)9-7-15/h3-9,12,19-20H,10-11,13-14H2,1-2H3,(H,24,26). The molecule has 2 atom stereocenters. The largest absolute Gasteiger partial charge is 0.497 e. The number of nitrogens with zero attached hydrogens (tertiary/aromatic N) is 1. The monoisotopic (exact) mass is 400 g/mol. The van der Waals surface area contributed by atoms with Crippen molar-refractivity contribution in [2.75, 3.05) is 40.5 Å². The molecule has 1 fully saturated rings. The van der Waals surface area contributed by atoms with Gasteiger partial charge in [-0.25, -0.2) is 4.39 Å². The molecule has 0 aromatic heterocycles. The normalized spacial score (nSPS) is 18.5. The van der Waals surface area contributed by atoms with Crippen molar-refractivity contribution in [3.8, 4) is 5.75 Å². The van der Waals surface area contributed by atoms with E-state index in [2.05, 4.69) is 5.32 Å². The Hall–Kier alpha value is -2.93. The van der Waals surface area contributed by atoms with E-state index in [-0.39, 0.29) is 30.1 Å². The molecule has 2 unspecified atom stereocenters. The van der Waals surface area contributed by atoms with Crippen molar-refractivity contribution >= 4 is 11.8 Å². The molecule has 1 heterocycles. The minimum absolute atomic E-state index is 0.165. The van der Waals surface area contributed by atoms with Crippen LogP contribution in [-0.4, -0.2) is 57.2 Å². The number of hydrogen-bond acceptors (Lipinski definition) is 4. The second-order valence-corrected chi connectivity index (χ2v) is 6.99. The Morgan fingerprint density at radius 2 is 1.90 bits per heavy atom. The Labute approximate surface area is 169 Å². The van der Waals surface area contributed by atoms with Gasteiger partial charge in [-0.2, -0.15) is 0 Å². The van der Waals surface area contributed by atoms with Gasteiger partial charge in [-0.1, -0.05) is 12.1 Å². The van der Waals surface area contributed by atoms with Gasteiger partial charge in [0.2, 0.25) is 5.91 Å². The molecule has 0 spiro atoms. The summed E-state index contributed by atoms with van der Waals surface area (Å²) in [6, 6.07) is 13.1. The maximum absolute atomic E-state index is 13.8. The van der Waals surface area contributed by atoms with Crippen molar-refractivity contribution < 1.29 is 23.5 Å². The summed E-state index contributed by atoms with van der Waals surface area (Å²) in [5.74, 6) is -0.772. The van der Waals surface area contributed by atoms with Crippen LogP contribution in [0.25, 0.3) is 0 Å². The first kappa shape index (κ1) is 20.8. The number of nitrogens with one attached hydrogen (secondary N) is 1. The molecule has 0 saturated carbocycles. The molecule has 3 rings (SSSR count). The molecule has 29 heavy (non-hydrogen) atoms. The van der Waals surface area contributed by atoms with Gasteiger partial charge in [-0.15, -0.1) is 0 Å². The highest BCUT2D eigenvalue weighted by Crippen LogP contribution is 2.34. The Balaban J connectivity index is 1.81. The van der Waals surface area contributed by atoms with Crippen LogP contribution in [0.5, 0.6) is 5.75 Å². The Kier molecular flexibility index (Phi) is 6.82. The molecular weight excluding hydrogens is 375 g/mol. The van der Waals surface area contributed by atoms with E-state index in [4.69, 9.17) is 9.47 Å². The summed E-state index contributed by atoms with van der Waals surface area (Å²) in [7, 11) is 3.13.